The minimum atomic E-state index is 0.0685. The number of aromatic amines is 1. The van der Waals surface area contributed by atoms with Gasteiger partial charge >= 0.3 is 0 Å². The Bertz CT molecular complexity index is 614. The van der Waals surface area contributed by atoms with E-state index in [1.807, 2.05) is 14.1 Å². The lowest BCUT2D eigenvalue weighted by Gasteiger charge is -2.14. The fourth-order valence-corrected chi connectivity index (χ4v) is 3.19. The van der Waals surface area contributed by atoms with E-state index in [4.69, 9.17) is 10.5 Å². The van der Waals surface area contributed by atoms with E-state index in [1.54, 1.807) is 11.8 Å². The number of hydrogen-bond donors (Lipinski definition) is 3. The molecule has 3 rings (SSSR count). The summed E-state index contributed by atoms with van der Waals surface area (Å²) in [6.45, 7) is 0.938. The van der Waals surface area contributed by atoms with Gasteiger partial charge in [-0.05, 0) is 24.3 Å². The van der Waals surface area contributed by atoms with Crippen LogP contribution in [0.1, 0.15) is 11.8 Å². The highest BCUT2D eigenvalue weighted by molar-refractivity contribution is 7.99. The third-order valence-electron chi connectivity index (χ3n) is 3.57. The van der Waals surface area contributed by atoms with Gasteiger partial charge in [0.25, 0.3) is 0 Å². The van der Waals surface area contributed by atoms with Crippen molar-refractivity contribution in [3.8, 4) is 0 Å². The molecule has 7 nitrogen and oxygen atoms in total. The van der Waals surface area contributed by atoms with Crippen LogP contribution in [-0.4, -0.2) is 47.7 Å². The van der Waals surface area contributed by atoms with Crippen LogP contribution in [0.25, 0.3) is 0 Å². The summed E-state index contributed by atoms with van der Waals surface area (Å²) in [5.41, 5.74) is 7.90. The molecule has 22 heavy (non-hydrogen) atoms. The van der Waals surface area contributed by atoms with Gasteiger partial charge < -0.3 is 20.7 Å². The van der Waals surface area contributed by atoms with Crippen molar-refractivity contribution in [3.05, 3.63) is 29.8 Å². The monoisotopic (exact) mass is 321 g/mol. The van der Waals surface area contributed by atoms with Crippen molar-refractivity contribution in [2.75, 3.05) is 37.0 Å². The Labute approximate surface area is 133 Å². The Morgan fingerprint density at radius 2 is 2.18 bits per heavy atom. The van der Waals surface area contributed by atoms with Crippen molar-refractivity contribution in [2.45, 2.75) is 17.5 Å². The highest BCUT2D eigenvalue weighted by Crippen LogP contribution is 2.22. The van der Waals surface area contributed by atoms with Crippen LogP contribution in [0.3, 0.4) is 0 Å². The molecule has 0 unspecified atom stereocenters. The molecule has 1 aliphatic heterocycles. The molecule has 0 aliphatic carbocycles. The maximum Gasteiger partial charge on any atom is 0.217 e. The van der Waals surface area contributed by atoms with Gasteiger partial charge in [-0.2, -0.15) is 4.98 Å². The molecule has 1 aromatic carbocycles. The Hall–Kier alpha value is -1.77. The molecule has 1 aliphatic rings. The quantitative estimate of drug-likeness (QED) is 0.681. The number of nitrogens with zero attached hydrogens (tertiary/aromatic N) is 3. The van der Waals surface area contributed by atoms with E-state index in [-0.39, 0.29) is 12.3 Å². The van der Waals surface area contributed by atoms with E-state index < -0.39 is 0 Å². The summed E-state index contributed by atoms with van der Waals surface area (Å²) in [4.78, 5) is 6.17. The van der Waals surface area contributed by atoms with E-state index in [2.05, 4.69) is 49.7 Å². The average Bonchev–Trinajstić information content (AvgIpc) is 3.14. The van der Waals surface area contributed by atoms with Crippen LogP contribution >= 0.6 is 11.8 Å². The molecule has 1 aromatic heterocycles. The summed E-state index contributed by atoms with van der Waals surface area (Å²) in [7, 11) is 4.08. The molecule has 5 N–H and O–H groups in total. The number of benzene rings is 1. The van der Waals surface area contributed by atoms with Crippen LogP contribution in [0.4, 0.5) is 11.6 Å². The molecular formula is C14H21N6OS+. The number of H-pyrrole nitrogens is 1. The molecule has 118 valence electrons. The molecule has 1 fully saturated rings. The number of hydrogen-bond acceptors (Lipinski definition) is 6. The van der Waals surface area contributed by atoms with E-state index in [1.165, 1.54) is 11.3 Å². The first-order chi connectivity index (χ1) is 10.6. The Kier molecular flexibility index (Phi) is 4.51. The van der Waals surface area contributed by atoms with Crippen LogP contribution in [0.5, 0.6) is 0 Å². The van der Waals surface area contributed by atoms with Crippen molar-refractivity contribution in [1.82, 2.24) is 15.2 Å². The number of nitrogen functional groups attached to an aromatic ring is 1. The van der Waals surface area contributed by atoms with Gasteiger partial charge in [-0.1, -0.05) is 11.8 Å². The van der Waals surface area contributed by atoms with Crippen LogP contribution in [0.15, 0.2) is 29.4 Å². The summed E-state index contributed by atoms with van der Waals surface area (Å²) >= 11 is 1.56. The first-order valence-electron chi connectivity index (χ1n) is 7.18. The van der Waals surface area contributed by atoms with Crippen molar-refractivity contribution >= 4 is 23.4 Å². The van der Waals surface area contributed by atoms with Crippen LogP contribution in [-0.2, 0) is 4.74 Å². The molecular weight excluding hydrogens is 300 g/mol. The summed E-state index contributed by atoms with van der Waals surface area (Å²) < 4.78 is 6.09. The lowest BCUT2D eigenvalue weighted by Crippen LogP contribution is -2.82. The lowest BCUT2D eigenvalue weighted by atomic mass is 10.2. The van der Waals surface area contributed by atoms with Gasteiger partial charge in [0, 0.05) is 31.1 Å². The van der Waals surface area contributed by atoms with Gasteiger partial charge in [0.15, 0.2) is 0 Å². The normalized spacial score (nSPS) is 21.2. The summed E-state index contributed by atoms with van der Waals surface area (Å²) in [6, 6.07) is 8.49. The van der Waals surface area contributed by atoms with Gasteiger partial charge in [-0.15, -0.1) is 5.10 Å². The second-order valence-electron chi connectivity index (χ2n) is 5.45. The first-order valence-corrected chi connectivity index (χ1v) is 8.17. The van der Waals surface area contributed by atoms with Crippen LogP contribution in [0.2, 0.25) is 0 Å². The fraction of sp³-hybridized carbons (Fsp3) is 0.429. The van der Waals surface area contributed by atoms with E-state index in [0.717, 1.165) is 12.3 Å². The average molecular weight is 321 g/mol. The van der Waals surface area contributed by atoms with Gasteiger partial charge in [-0.25, -0.2) is 5.10 Å². The topological polar surface area (TPSA) is 96.7 Å². The van der Waals surface area contributed by atoms with Gasteiger partial charge in [0.05, 0.1) is 0 Å². The Balaban J connectivity index is 1.53. The zero-order chi connectivity index (χ0) is 15.5. The Morgan fingerprint density at radius 1 is 1.41 bits per heavy atom. The highest BCUT2D eigenvalue weighted by Gasteiger charge is 2.30. The predicted molar refractivity (Wildman–Crippen MR) is 86.7 cm³/mol. The number of aromatic nitrogens is 3. The number of ether oxygens (including phenoxy) is 1. The van der Waals surface area contributed by atoms with Crippen molar-refractivity contribution in [1.29, 1.82) is 0 Å². The molecule has 1 saturated heterocycles. The Morgan fingerprint density at radius 3 is 2.82 bits per heavy atom. The molecule has 0 radical (unpaired) electrons. The fourth-order valence-electron chi connectivity index (χ4n) is 2.37. The third kappa shape index (κ3) is 3.52. The number of nitrogens with two attached hydrogens (primary N) is 2. The molecule has 2 heterocycles. The van der Waals surface area contributed by atoms with Crippen LogP contribution in [0, 0.1) is 0 Å². The zero-order valence-corrected chi connectivity index (χ0v) is 13.5. The van der Waals surface area contributed by atoms with Gasteiger partial charge in [-0.3, -0.25) is 0 Å². The van der Waals surface area contributed by atoms with E-state index >= 15 is 0 Å². The minimum Gasteiger partial charge on any atom is -0.378 e. The number of rotatable bonds is 5. The third-order valence-corrected chi connectivity index (χ3v) is 4.55. The van der Waals surface area contributed by atoms with Gasteiger partial charge in [0.1, 0.15) is 12.6 Å². The molecule has 8 heteroatoms. The molecule has 0 bridgehead atoms. The van der Waals surface area contributed by atoms with E-state index in [9.17, 15) is 0 Å². The maximum atomic E-state index is 6.09. The van der Waals surface area contributed by atoms with E-state index in [0.29, 0.717) is 11.1 Å². The molecule has 0 saturated carbocycles. The number of anilines is 2. The second kappa shape index (κ2) is 6.55. The summed E-state index contributed by atoms with van der Waals surface area (Å²) in [5, 5.41) is 9.54. The smallest absolute Gasteiger partial charge is 0.217 e. The van der Waals surface area contributed by atoms with Crippen molar-refractivity contribution in [3.63, 3.8) is 0 Å². The standard InChI is InChI=1S/C14H20N6OS/c1-20(2)10-5-3-9(4-6-10)12-16-7-11(21-12)8-22-14-17-13(15)18-19-14/h3-6,11-12,16H,7-8H2,1-2H3,(H3,15,17,18,19)/p+1/t11-,12-/m1/s1. The predicted octanol–water partition coefficient (Wildman–Crippen LogP) is 0.206. The van der Waals surface area contributed by atoms with Crippen LogP contribution < -0.4 is 16.0 Å². The van der Waals surface area contributed by atoms with Crippen molar-refractivity contribution < 1.29 is 10.1 Å². The molecule has 0 spiro atoms. The second-order valence-corrected chi connectivity index (χ2v) is 6.44. The molecule has 2 aromatic rings. The van der Waals surface area contributed by atoms with Crippen molar-refractivity contribution in [2.24, 2.45) is 0 Å². The number of nitrogens with one attached hydrogen (secondary N) is 1. The SMILES string of the molecule is CN(C)c1ccc([C@@H]2[NH2+]C[C@H](CSc3n[nH]c(N)n3)O2)cc1. The number of quaternary nitrogens is 1. The largest absolute Gasteiger partial charge is 0.378 e. The summed E-state index contributed by atoms with van der Waals surface area (Å²) in [5.74, 6) is 1.17. The number of thioether (sulfide) groups is 1. The lowest BCUT2D eigenvalue weighted by molar-refractivity contribution is -0.697. The zero-order valence-electron chi connectivity index (χ0n) is 12.7. The van der Waals surface area contributed by atoms with Gasteiger partial charge in [0.2, 0.25) is 17.3 Å². The first kappa shape index (κ1) is 15.1. The summed E-state index contributed by atoms with van der Waals surface area (Å²) in [6.07, 6.45) is 0.252. The maximum absolute atomic E-state index is 6.09. The molecule has 0 amide bonds. The highest BCUT2D eigenvalue weighted by atomic mass is 32.2. The molecule has 2 atom stereocenters. The minimum absolute atomic E-state index is 0.0685.